The largest absolute Gasteiger partial charge is 0.465 e. The van der Waals surface area contributed by atoms with E-state index in [-0.39, 0.29) is 0 Å². The van der Waals surface area contributed by atoms with Gasteiger partial charge < -0.3 is 10.1 Å². The second-order valence-corrected chi connectivity index (χ2v) is 4.02. The van der Waals surface area contributed by atoms with Crippen molar-refractivity contribution in [1.82, 2.24) is 0 Å². The molecule has 0 radical (unpaired) electrons. The van der Waals surface area contributed by atoms with Crippen LogP contribution in [0.2, 0.25) is 0 Å². The molecule has 0 saturated heterocycles. The van der Waals surface area contributed by atoms with E-state index < -0.39 is 11.8 Å². The number of nitrogens with one attached hydrogen (secondary N) is 1. The first-order valence-corrected chi connectivity index (χ1v) is 5.86. The number of benzene rings is 2. The van der Waals surface area contributed by atoms with Gasteiger partial charge in [0.1, 0.15) is 5.82 Å². The molecule has 2 aromatic carbocycles. The summed E-state index contributed by atoms with van der Waals surface area (Å²) in [5.41, 5.74) is 1.79. The first-order chi connectivity index (χ1) is 9.20. The first kappa shape index (κ1) is 13.1. The number of anilines is 1. The average Bonchev–Trinajstić information content (AvgIpc) is 2.45. The maximum Gasteiger partial charge on any atom is 0.339 e. The van der Waals surface area contributed by atoms with E-state index in [1.165, 1.54) is 25.3 Å². The predicted molar refractivity (Wildman–Crippen MR) is 71.5 cm³/mol. The molecule has 0 amide bonds. The predicted octanol–water partition coefficient (Wildman–Crippen LogP) is 3.22. The lowest BCUT2D eigenvalue weighted by atomic mass is 10.1. The molecular weight excluding hydrogens is 245 g/mol. The lowest BCUT2D eigenvalue weighted by molar-refractivity contribution is 0.0602. The zero-order valence-electron chi connectivity index (χ0n) is 10.5. The molecule has 4 heteroatoms. The monoisotopic (exact) mass is 259 g/mol. The molecule has 0 heterocycles. The van der Waals surface area contributed by atoms with Gasteiger partial charge >= 0.3 is 5.97 Å². The van der Waals surface area contributed by atoms with E-state index in [4.69, 9.17) is 0 Å². The summed E-state index contributed by atoms with van der Waals surface area (Å²) in [6, 6.07) is 13.6. The molecule has 2 rings (SSSR count). The fraction of sp³-hybridized carbons (Fsp3) is 0.133. The maximum atomic E-state index is 13.2. The molecule has 0 atom stereocenters. The van der Waals surface area contributed by atoms with Crippen molar-refractivity contribution in [3.8, 4) is 0 Å². The molecule has 0 unspecified atom stereocenters. The van der Waals surface area contributed by atoms with E-state index in [0.29, 0.717) is 17.8 Å². The van der Waals surface area contributed by atoms with Crippen molar-refractivity contribution in [1.29, 1.82) is 0 Å². The molecule has 0 aromatic heterocycles. The van der Waals surface area contributed by atoms with Crippen molar-refractivity contribution < 1.29 is 13.9 Å². The molecule has 0 aliphatic heterocycles. The van der Waals surface area contributed by atoms with Crippen LogP contribution >= 0.6 is 0 Å². The fourth-order valence-corrected chi connectivity index (χ4v) is 1.74. The van der Waals surface area contributed by atoms with Crippen molar-refractivity contribution in [2.75, 3.05) is 12.4 Å². The summed E-state index contributed by atoms with van der Waals surface area (Å²) >= 11 is 0. The van der Waals surface area contributed by atoms with Crippen LogP contribution in [0.3, 0.4) is 0 Å². The SMILES string of the molecule is COC(=O)c1ccc(F)cc1NCc1ccccc1. The van der Waals surface area contributed by atoms with Crippen LogP contribution in [0.15, 0.2) is 48.5 Å². The first-order valence-electron chi connectivity index (χ1n) is 5.86. The number of ether oxygens (including phenoxy) is 1. The van der Waals surface area contributed by atoms with Gasteiger partial charge in [-0.3, -0.25) is 0 Å². The van der Waals surface area contributed by atoms with Crippen LogP contribution in [0.25, 0.3) is 0 Å². The Hall–Kier alpha value is -2.36. The van der Waals surface area contributed by atoms with E-state index in [1.807, 2.05) is 30.3 Å². The van der Waals surface area contributed by atoms with E-state index in [1.54, 1.807) is 0 Å². The van der Waals surface area contributed by atoms with Gasteiger partial charge in [-0.2, -0.15) is 0 Å². The van der Waals surface area contributed by atoms with Gasteiger partial charge in [0.15, 0.2) is 0 Å². The van der Waals surface area contributed by atoms with E-state index in [9.17, 15) is 9.18 Å². The standard InChI is InChI=1S/C15H14FNO2/c1-19-15(18)13-8-7-12(16)9-14(13)17-10-11-5-3-2-4-6-11/h2-9,17H,10H2,1H3. The van der Waals surface area contributed by atoms with Gasteiger partial charge in [0.05, 0.1) is 18.4 Å². The second kappa shape index (κ2) is 6.00. The van der Waals surface area contributed by atoms with Gasteiger partial charge in [0.2, 0.25) is 0 Å². The molecule has 0 bridgehead atoms. The van der Waals surface area contributed by atoms with Crippen LogP contribution in [-0.2, 0) is 11.3 Å². The lowest BCUT2D eigenvalue weighted by Crippen LogP contribution is -2.08. The van der Waals surface area contributed by atoms with Crippen LogP contribution in [0.4, 0.5) is 10.1 Å². The highest BCUT2D eigenvalue weighted by Gasteiger charge is 2.12. The van der Waals surface area contributed by atoms with Gasteiger partial charge in [-0.05, 0) is 23.8 Å². The number of carbonyl (C=O) groups excluding carboxylic acids is 1. The number of esters is 1. The highest BCUT2D eigenvalue weighted by molar-refractivity contribution is 5.95. The second-order valence-electron chi connectivity index (χ2n) is 4.02. The summed E-state index contributed by atoms with van der Waals surface area (Å²) in [4.78, 5) is 11.6. The van der Waals surface area contributed by atoms with Crippen LogP contribution in [0.5, 0.6) is 0 Å². The highest BCUT2D eigenvalue weighted by Crippen LogP contribution is 2.19. The number of methoxy groups -OCH3 is 1. The molecule has 0 spiro atoms. The molecule has 0 fully saturated rings. The van der Waals surface area contributed by atoms with Gasteiger partial charge in [-0.25, -0.2) is 9.18 Å². The molecule has 0 aliphatic rings. The quantitative estimate of drug-likeness (QED) is 0.857. The third-order valence-corrected chi connectivity index (χ3v) is 2.71. The van der Waals surface area contributed by atoms with Crippen LogP contribution in [0.1, 0.15) is 15.9 Å². The van der Waals surface area contributed by atoms with Crippen LogP contribution < -0.4 is 5.32 Å². The lowest BCUT2D eigenvalue weighted by Gasteiger charge is -2.11. The smallest absolute Gasteiger partial charge is 0.339 e. The molecule has 2 aromatic rings. The molecule has 3 nitrogen and oxygen atoms in total. The van der Waals surface area contributed by atoms with E-state index >= 15 is 0 Å². The Morgan fingerprint density at radius 3 is 2.63 bits per heavy atom. The van der Waals surface area contributed by atoms with E-state index in [0.717, 1.165) is 5.56 Å². The Kier molecular flexibility index (Phi) is 4.13. The fourth-order valence-electron chi connectivity index (χ4n) is 1.74. The van der Waals surface area contributed by atoms with Crippen molar-refractivity contribution in [3.63, 3.8) is 0 Å². The number of hydrogen-bond donors (Lipinski definition) is 1. The Morgan fingerprint density at radius 1 is 1.21 bits per heavy atom. The van der Waals surface area contributed by atoms with Gasteiger partial charge in [-0.15, -0.1) is 0 Å². The molecule has 1 N–H and O–H groups in total. The van der Waals surface area contributed by atoms with Gasteiger partial charge in [-0.1, -0.05) is 30.3 Å². The zero-order chi connectivity index (χ0) is 13.7. The average molecular weight is 259 g/mol. The minimum absolute atomic E-state index is 0.319. The topological polar surface area (TPSA) is 38.3 Å². The van der Waals surface area contributed by atoms with Crippen LogP contribution in [-0.4, -0.2) is 13.1 Å². The number of rotatable bonds is 4. The van der Waals surface area contributed by atoms with Crippen LogP contribution in [0, 0.1) is 5.82 Å². The summed E-state index contributed by atoms with van der Waals surface area (Å²) in [6.45, 7) is 0.508. The van der Waals surface area contributed by atoms with Crippen molar-refractivity contribution in [3.05, 3.63) is 65.5 Å². The molecular formula is C15H14FNO2. The summed E-state index contributed by atoms with van der Waals surface area (Å²) < 4.78 is 17.9. The van der Waals surface area contributed by atoms with Crippen molar-refractivity contribution in [2.24, 2.45) is 0 Å². The van der Waals surface area contributed by atoms with Crippen molar-refractivity contribution in [2.45, 2.75) is 6.54 Å². The third kappa shape index (κ3) is 3.31. The molecule has 19 heavy (non-hydrogen) atoms. The normalized spacial score (nSPS) is 10.0. The Balaban J connectivity index is 2.19. The number of halogens is 1. The maximum absolute atomic E-state index is 13.2. The number of carbonyl (C=O) groups is 1. The Bertz CT molecular complexity index is 570. The molecule has 0 aliphatic carbocycles. The Labute approximate surface area is 111 Å². The number of hydrogen-bond acceptors (Lipinski definition) is 3. The van der Waals surface area contributed by atoms with Gasteiger partial charge in [0.25, 0.3) is 0 Å². The van der Waals surface area contributed by atoms with E-state index in [2.05, 4.69) is 10.1 Å². The van der Waals surface area contributed by atoms with Crippen molar-refractivity contribution >= 4 is 11.7 Å². The van der Waals surface area contributed by atoms with Gasteiger partial charge in [0, 0.05) is 6.54 Å². The third-order valence-electron chi connectivity index (χ3n) is 2.71. The summed E-state index contributed by atoms with van der Waals surface area (Å²) in [5, 5.41) is 3.04. The summed E-state index contributed by atoms with van der Waals surface area (Å²) in [7, 11) is 1.30. The summed E-state index contributed by atoms with van der Waals surface area (Å²) in [5.74, 6) is -0.890. The minimum Gasteiger partial charge on any atom is -0.465 e. The molecule has 98 valence electrons. The minimum atomic E-state index is -0.490. The Morgan fingerprint density at radius 2 is 1.95 bits per heavy atom. The summed E-state index contributed by atoms with van der Waals surface area (Å²) in [6.07, 6.45) is 0. The molecule has 0 saturated carbocycles. The highest BCUT2D eigenvalue weighted by atomic mass is 19.1. The zero-order valence-corrected chi connectivity index (χ0v) is 10.5.